The lowest BCUT2D eigenvalue weighted by Crippen LogP contribution is -2.60. The van der Waals surface area contributed by atoms with Crippen molar-refractivity contribution in [2.75, 3.05) is 5.32 Å². The van der Waals surface area contributed by atoms with Crippen LogP contribution in [-0.2, 0) is 10.3 Å². The van der Waals surface area contributed by atoms with Gasteiger partial charge in [0, 0.05) is 11.3 Å². The summed E-state index contributed by atoms with van der Waals surface area (Å²) in [5, 5.41) is 9.01. The predicted molar refractivity (Wildman–Crippen MR) is 139 cm³/mol. The van der Waals surface area contributed by atoms with E-state index in [0.29, 0.717) is 11.8 Å². The number of hydrogen-bond donors (Lipinski definition) is 1. The maximum Gasteiger partial charge on any atom is 0.242 e. The molecule has 0 saturated heterocycles. The average Bonchev–Trinajstić information content (AvgIpc) is 3.45. The molecule has 1 N–H and O–H groups in total. The lowest BCUT2D eigenvalue weighted by Gasteiger charge is -2.60. The van der Waals surface area contributed by atoms with Crippen molar-refractivity contribution in [2.24, 2.45) is 17.3 Å². The van der Waals surface area contributed by atoms with Crippen molar-refractivity contribution in [1.82, 2.24) is 19.7 Å². The van der Waals surface area contributed by atoms with Gasteiger partial charge in [0.1, 0.15) is 11.3 Å². The number of benzene rings is 2. The van der Waals surface area contributed by atoms with Crippen LogP contribution in [0.4, 0.5) is 5.69 Å². The van der Waals surface area contributed by atoms with Crippen molar-refractivity contribution in [1.29, 1.82) is 0 Å². The van der Waals surface area contributed by atoms with Gasteiger partial charge in [0.25, 0.3) is 0 Å². The zero-order valence-corrected chi connectivity index (χ0v) is 21.1. The highest BCUT2D eigenvalue weighted by molar-refractivity contribution is 7.21. The number of aryl methyl sites for hydroxylation is 1. The first-order valence-corrected chi connectivity index (χ1v) is 13.5. The molecule has 2 heterocycles. The van der Waals surface area contributed by atoms with E-state index in [1.54, 1.807) is 17.7 Å². The quantitative estimate of drug-likeness (QED) is 0.347. The Morgan fingerprint density at radius 1 is 1.11 bits per heavy atom. The van der Waals surface area contributed by atoms with E-state index in [4.69, 9.17) is 16.6 Å². The number of anilines is 1. The maximum atomic E-state index is 13.8. The number of hydrogen-bond acceptors (Lipinski definition) is 5. The second-order valence-corrected chi connectivity index (χ2v) is 12.3. The Labute approximate surface area is 212 Å². The molecule has 1 amide bonds. The highest BCUT2D eigenvalue weighted by Crippen LogP contribution is 2.64. The lowest BCUT2D eigenvalue weighted by molar-refractivity contribution is -0.150. The first kappa shape index (κ1) is 21.5. The van der Waals surface area contributed by atoms with Gasteiger partial charge in [-0.25, -0.2) is 14.6 Å². The molecule has 8 rings (SSSR count). The van der Waals surface area contributed by atoms with Crippen molar-refractivity contribution in [3.63, 3.8) is 0 Å². The summed E-state index contributed by atoms with van der Waals surface area (Å²) < 4.78 is 3.16. The fourth-order valence-corrected chi connectivity index (χ4v) is 8.53. The van der Waals surface area contributed by atoms with E-state index in [-0.39, 0.29) is 22.1 Å². The Hall–Kier alpha value is -2.77. The van der Waals surface area contributed by atoms with Crippen molar-refractivity contribution in [3.8, 4) is 10.6 Å². The highest BCUT2D eigenvalue weighted by atomic mass is 35.5. The number of aromatic nitrogens is 4. The van der Waals surface area contributed by atoms with Crippen molar-refractivity contribution >= 4 is 44.7 Å². The van der Waals surface area contributed by atoms with Gasteiger partial charge in [0.2, 0.25) is 11.2 Å². The molecule has 2 aromatic heterocycles. The van der Waals surface area contributed by atoms with Gasteiger partial charge in [-0.15, -0.1) is 16.4 Å². The van der Waals surface area contributed by atoms with Gasteiger partial charge in [-0.05, 0) is 111 Å². The summed E-state index contributed by atoms with van der Waals surface area (Å²) in [6.45, 7) is 2.10. The minimum atomic E-state index is -0.355. The lowest BCUT2D eigenvalue weighted by atomic mass is 9.46. The molecule has 0 spiro atoms. The third kappa shape index (κ3) is 3.51. The molecule has 4 fully saturated rings. The van der Waals surface area contributed by atoms with Gasteiger partial charge in [-0.1, -0.05) is 6.07 Å². The number of thiazole rings is 1. The van der Waals surface area contributed by atoms with Crippen LogP contribution >= 0.6 is 22.9 Å². The molecular formula is C27H26ClN5OS. The van der Waals surface area contributed by atoms with E-state index in [1.807, 2.05) is 16.8 Å². The SMILES string of the molecule is Cc1ccc2nc(-c3ccc(NC(=O)C45CC6CC(C4)CC(n4cnc(Cl)n4)(C6)C5)cc3)sc2c1. The fourth-order valence-electron chi connectivity index (χ4n) is 7.33. The summed E-state index contributed by atoms with van der Waals surface area (Å²) >= 11 is 7.77. The Morgan fingerprint density at radius 3 is 2.60 bits per heavy atom. The van der Waals surface area contributed by atoms with Crippen LogP contribution in [0, 0.1) is 24.2 Å². The molecule has 0 aliphatic heterocycles. The molecule has 4 bridgehead atoms. The van der Waals surface area contributed by atoms with Gasteiger partial charge in [0.15, 0.2) is 0 Å². The van der Waals surface area contributed by atoms with Crippen LogP contribution in [0.15, 0.2) is 48.8 Å². The summed E-state index contributed by atoms with van der Waals surface area (Å²) in [4.78, 5) is 22.7. The van der Waals surface area contributed by atoms with Crippen LogP contribution in [0.5, 0.6) is 0 Å². The zero-order chi connectivity index (χ0) is 23.8. The topological polar surface area (TPSA) is 72.7 Å². The summed E-state index contributed by atoms with van der Waals surface area (Å²) in [6, 6.07) is 14.4. The zero-order valence-electron chi connectivity index (χ0n) is 19.5. The summed E-state index contributed by atoms with van der Waals surface area (Å²) in [6.07, 6.45) is 7.83. The molecule has 0 radical (unpaired) electrons. The number of carbonyl (C=O) groups excluding carboxylic acids is 1. The summed E-state index contributed by atoms with van der Waals surface area (Å²) in [7, 11) is 0. The van der Waals surface area contributed by atoms with Crippen LogP contribution in [0.1, 0.15) is 44.1 Å². The van der Waals surface area contributed by atoms with E-state index in [2.05, 4.69) is 52.7 Å². The molecule has 8 heteroatoms. The largest absolute Gasteiger partial charge is 0.326 e. The predicted octanol–water partition coefficient (Wildman–Crippen LogP) is 6.45. The van der Waals surface area contributed by atoms with Crippen LogP contribution in [-0.4, -0.2) is 25.7 Å². The van der Waals surface area contributed by atoms with Crippen LogP contribution < -0.4 is 5.32 Å². The maximum absolute atomic E-state index is 13.8. The number of amides is 1. The van der Waals surface area contributed by atoms with Gasteiger partial charge in [-0.3, -0.25) is 4.79 Å². The van der Waals surface area contributed by atoms with Gasteiger partial charge < -0.3 is 5.32 Å². The van der Waals surface area contributed by atoms with E-state index in [0.717, 1.165) is 53.9 Å². The van der Waals surface area contributed by atoms with Gasteiger partial charge in [0.05, 0.1) is 21.2 Å². The molecule has 35 heavy (non-hydrogen) atoms. The van der Waals surface area contributed by atoms with Gasteiger partial charge in [-0.2, -0.15) is 0 Å². The van der Waals surface area contributed by atoms with Crippen LogP contribution in [0.25, 0.3) is 20.8 Å². The minimum Gasteiger partial charge on any atom is -0.326 e. The first-order valence-electron chi connectivity index (χ1n) is 12.3. The number of halogens is 1. The average molecular weight is 504 g/mol. The van der Waals surface area contributed by atoms with E-state index in [9.17, 15) is 4.79 Å². The molecule has 6 nitrogen and oxygen atoms in total. The molecule has 2 aromatic carbocycles. The Morgan fingerprint density at radius 2 is 1.89 bits per heavy atom. The smallest absolute Gasteiger partial charge is 0.242 e. The fraction of sp³-hybridized carbons (Fsp3) is 0.407. The van der Waals surface area contributed by atoms with Crippen LogP contribution in [0.2, 0.25) is 5.28 Å². The molecule has 2 atom stereocenters. The van der Waals surface area contributed by atoms with E-state index in [1.165, 1.54) is 16.7 Å². The molecule has 4 saturated carbocycles. The standard InChI is InChI=1S/C27H26ClN5OS/c1-16-2-7-21-22(8-16)35-23(31-21)19-3-5-20(6-4-19)30-24(34)26-10-17-9-18(11-26)13-27(12-17,14-26)33-15-29-25(28)32-33/h2-8,15,17-18H,9-14H2,1H3,(H,30,34). The second kappa shape index (κ2) is 7.61. The molecule has 4 aliphatic rings. The Balaban J connectivity index is 1.13. The first-order chi connectivity index (χ1) is 16.9. The molecule has 178 valence electrons. The number of nitrogens with one attached hydrogen (secondary N) is 1. The minimum absolute atomic E-state index is 0.142. The second-order valence-electron chi connectivity index (χ2n) is 10.9. The van der Waals surface area contributed by atoms with Gasteiger partial charge >= 0.3 is 0 Å². The molecule has 2 unspecified atom stereocenters. The Bertz CT molecular complexity index is 1440. The number of carbonyl (C=O) groups is 1. The highest BCUT2D eigenvalue weighted by Gasteiger charge is 2.61. The molecule has 4 aromatic rings. The van der Waals surface area contributed by atoms with Crippen molar-refractivity contribution < 1.29 is 4.79 Å². The number of fused-ring (bicyclic) bond motifs is 1. The van der Waals surface area contributed by atoms with Crippen molar-refractivity contribution in [2.45, 2.75) is 51.0 Å². The molecule has 4 aliphatic carbocycles. The third-order valence-electron chi connectivity index (χ3n) is 8.40. The summed E-state index contributed by atoms with van der Waals surface area (Å²) in [5.41, 5.74) is 3.67. The van der Waals surface area contributed by atoms with Crippen LogP contribution in [0.3, 0.4) is 0 Å². The normalized spacial score (nSPS) is 29.1. The van der Waals surface area contributed by atoms with Crippen molar-refractivity contribution in [3.05, 3.63) is 59.6 Å². The Kier molecular flexibility index (Phi) is 4.68. The third-order valence-corrected chi connectivity index (χ3v) is 9.64. The number of rotatable bonds is 4. The van der Waals surface area contributed by atoms with E-state index >= 15 is 0 Å². The summed E-state index contributed by atoms with van der Waals surface area (Å²) in [5.74, 6) is 1.25. The molecular weight excluding hydrogens is 478 g/mol. The number of nitrogens with zero attached hydrogens (tertiary/aromatic N) is 4. The van der Waals surface area contributed by atoms with E-state index < -0.39 is 0 Å². The monoisotopic (exact) mass is 503 g/mol.